The Morgan fingerprint density at radius 3 is 2.24 bits per heavy atom. The highest BCUT2D eigenvalue weighted by Crippen LogP contribution is 2.23. The van der Waals surface area contributed by atoms with Crippen molar-refractivity contribution in [3.8, 4) is 0 Å². The smallest absolute Gasteiger partial charge is 0.251 e. The van der Waals surface area contributed by atoms with E-state index in [0.717, 1.165) is 6.54 Å². The molecule has 0 aromatic heterocycles. The van der Waals surface area contributed by atoms with E-state index in [1.165, 1.54) is 37.7 Å². The molecule has 1 aromatic rings. The van der Waals surface area contributed by atoms with Crippen LogP contribution in [0.5, 0.6) is 0 Å². The molecule has 25 heavy (non-hydrogen) atoms. The lowest BCUT2D eigenvalue weighted by Gasteiger charge is -2.21. The van der Waals surface area contributed by atoms with E-state index in [9.17, 15) is 9.59 Å². The van der Waals surface area contributed by atoms with Gasteiger partial charge in [0.2, 0.25) is 5.91 Å². The fourth-order valence-electron chi connectivity index (χ4n) is 3.25. The van der Waals surface area contributed by atoms with E-state index in [1.54, 1.807) is 0 Å². The summed E-state index contributed by atoms with van der Waals surface area (Å²) in [6.45, 7) is 7.59. The lowest BCUT2D eigenvalue weighted by atomic mass is 9.87. The molecule has 0 spiro atoms. The van der Waals surface area contributed by atoms with Crippen LogP contribution < -0.4 is 10.6 Å². The molecule has 0 radical (unpaired) electrons. The topological polar surface area (TPSA) is 58.2 Å². The van der Waals surface area contributed by atoms with Crippen LogP contribution in [0.3, 0.4) is 0 Å². The molecule has 0 heterocycles. The standard InChI is InChI=1S/C21H32N2O2/c1-21(2,3)18-11-9-17(10-12-18)20(25)22-14-13-19(24)23-15-16-7-5-4-6-8-16/h9-12,16H,4-8,13-15H2,1-3H3,(H,22,25)(H,23,24). The zero-order valence-electron chi connectivity index (χ0n) is 15.9. The predicted octanol–water partition coefficient (Wildman–Crippen LogP) is 3.80. The van der Waals surface area contributed by atoms with Gasteiger partial charge in [0.25, 0.3) is 5.91 Å². The van der Waals surface area contributed by atoms with E-state index in [1.807, 2.05) is 24.3 Å². The average molecular weight is 344 g/mol. The Kier molecular flexibility index (Phi) is 7.03. The van der Waals surface area contributed by atoms with Crippen molar-refractivity contribution in [2.75, 3.05) is 13.1 Å². The molecule has 1 aliphatic rings. The first-order valence-electron chi connectivity index (χ1n) is 9.52. The van der Waals surface area contributed by atoms with Gasteiger partial charge in [0, 0.05) is 25.1 Å². The summed E-state index contributed by atoms with van der Waals surface area (Å²) in [4.78, 5) is 24.0. The van der Waals surface area contributed by atoms with Gasteiger partial charge in [-0.15, -0.1) is 0 Å². The number of amides is 2. The number of carbonyl (C=O) groups is 2. The number of nitrogens with one attached hydrogen (secondary N) is 2. The summed E-state index contributed by atoms with van der Waals surface area (Å²) in [7, 11) is 0. The third kappa shape index (κ3) is 6.52. The van der Waals surface area contributed by atoms with Crippen molar-refractivity contribution in [1.82, 2.24) is 10.6 Å². The van der Waals surface area contributed by atoms with Crippen LogP contribution in [0, 0.1) is 5.92 Å². The lowest BCUT2D eigenvalue weighted by molar-refractivity contribution is -0.121. The molecule has 2 rings (SSSR count). The fraction of sp³-hybridized carbons (Fsp3) is 0.619. The maximum atomic E-state index is 12.1. The second kappa shape index (κ2) is 9.02. The summed E-state index contributed by atoms with van der Waals surface area (Å²) in [5.41, 5.74) is 1.91. The Morgan fingerprint density at radius 2 is 1.64 bits per heavy atom. The molecule has 0 bridgehead atoms. The minimum Gasteiger partial charge on any atom is -0.356 e. The van der Waals surface area contributed by atoms with Crippen LogP contribution in [0.2, 0.25) is 0 Å². The molecule has 4 heteroatoms. The monoisotopic (exact) mass is 344 g/mol. The Morgan fingerprint density at radius 1 is 1.00 bits per heavy atom. The summed E-state index contributed by atoms with van der Waals surface area (Å²) < 4.78 is 0. The highest BCUT2D eigenvalue weighted by atomic mass is 16.2. The molecule has 2 N–H and O–H groups in total. The first-order chi connectivity index (χ1) is 11.9. The number of hydrogen-bond donors (Lipinski definition) is 2. The van der Waals surface area contributed by atoms with E-state index in [-0.39, 0.29) is 17.2 Å². The molecular formula is C21H32N2O2. The third-order valence-electron chi connectivity index (χ3n) is 4.96. The first-order valence-corrected chi connectivity index (χ1v) is 9.52. The average Bonchev–Trinajstić information content (AvgIpc) is 2.60. The van der Waals surface area contributed by atoms with E-state index >= 15 is 0 Å². The van der Waals surface area contributed by atoms with Crippen molar-refractivity contribution in [3.05, 3.63) is 35.4 Å². The maximum Gasteiger partial charge on any atom is 0.251 e. The minimum atomic E-state index is -0.125. The quantitative estimate of drug-likeness (QED) is 0.824. The fourth-order valence-corrected chi connectivity index (χ4v) is 3.25. The second-order valence-electron chi connectivity index (χ2n) is 8.14. The van der Waals surface area contributed by atoms with Crippen molar-refractivity contribution in [1.29, 1.82) is 0 Å². The number of carbonyl (C=O) groups excluding carboxylic acids is 2. The molecule has 2 amide bonds. The molecule has 1 aliphatic carbocycles. The zero-order chi connectivity index (χ0) is 18.3. The maximum absolute atomic E-state index is 12.1. The van der Waals surface area contributed by atoms with Crippen molar-refractivity contribution in [2.45, 2.75) is 64.7 Å². The first kappa shape index (κ1) is 19.5. The summed E-state index contributed by atoms with van der Waals surface area (Å²) >= 11 is 0. The molecule has 1 fully saturated rings. The molecular weight excluding hydrogens is 312 g/mol. The summed E-state index contributed by atoms with van der Waals surface area (Å²) in [6.07, 6.45) is 6.67. The third-order valence-corrected chi connectivity index (χ3v) is 4.96. The highest BCUT2D eigenvalue weighted by molar-refractivity contribution is 5.94. The Labute approximate surface area is 151 Å². The van der Waals surface area contributed by atoms with Gasteiger partial charge in [-0.1, -0.05) is 52.2 Å². The van der Waals surface area contributed by atoms with Crippen LogP contribution in [-0.4, -0.2) is 24.9 Å². The van der Waals surface area contributed by atoms with E-state index in [4.69, 9.17) is 0 Å². The van der Waals surface area contributed by atoms with Crippen LogP contribution in [-0.2, 0) is 10.2 Å². The van der Waals surface area contributed by atoms with Crippen LogP contribution in [0.4, 0.5) is 0 Å². The van der Waals surface area contributed by atoms with Crippen molar-refractivity contribution < 1.29 is 9.59 Å². The predicted molar refractivity (Wildman–Crippen MR) is 102 cm³/mol. The number of benzene rings is 1. The summed E-state index contributed by atoms with van der Waals surface area (Å²) in [5, 5.41) is 5.83. The van der Waals surface area contributed by atoms with Crippen molar-refractivity contribution in [3.63, 3.8) is 0 Å². The van der Waals surface area contributed by atoms with E-state index in [2.05, 4.69) is 31.4 Å². The molecule has 0 aliphatic heterocycles. The molecule has 1 aromatic carbocycles. The Bertz CT molecular complexity index is 567. The van der Waals surface area contributed by atoms with Gasteiger partial charge in [-0.25, -0.2) is 0 Å². The SMILES string of the molecule is CC(C)(C)c1ccc(C(=O)NCCC(=O)NCC2CCCCC2)cc1. The Hall–Kier alpha value is -1.84. The number of rotatable bonds is 6. The van der Waals surface area contributed by atoms with Crippen LogP contribution in [0.15, 0.2) is 24.3 Å². The zero-order valence-corrected chi connectivity index (χ0v) is 15.9. The molecule has 138 valence electrons. The van der Waals surface area contributed by atoms with Crippen molar-refractivity contribution >= 4 is 11.8 Å². The van der Waals surface area contributed by atoms with Gasteiger partial charge >= 0.3 is 0 Å². The van der Waals surface area contributed by atoms with E-state index in [0.29, 0.717) is 24.4 Å². The van der Waals surface area contributed by atoms with Gasteiger partial charge in [-0.3, -0.25) is 9.59 Å². The van der Waals surface area contributed by atoms with Gasteiger partial charge in [0.15, 0.2) is 0 Å². The molecule has 0 saturated heterocycles. The molecule has 1 saturated carbocycles. The second-order valence-corrected chi connectivity index (χ2v) is 8.14. The van der Waals surface area contributed by atoms with Gasteiger partial charge in [-0.05, 0) is 41.9 Å². The van der Waals surface area contributed by atoms with Crippen LogP contribution in [0.1, 0.15) is 75.2 Å². The summed E-state index contributed by atoms with van der Waals surface area (Å²) in [6, 6.07) is 7.68. The van der Waals surface area contributed by atoms with E-state index < -0.39 is 0 Å². The van der Waals surface area contributed by atoms with Gasteiger partial charge in [0.05, 0.1) is 0 Å². The van der Waals surface area contributed by atoms with Crippen LogP contribution in [0.25, 0.3) is 0 Å². The van der Waals surface area contributed by atoms with Gasteiger partial charge in [0.1, 0.15) is 0 Å². The largest absolute Gasteiger partial charge is 0.356 e. The highest BCUT2D eigenvalue weighted by Gasteiger charge is 2.15. The van der Waals surface area contributed by atoms with Crippen LogP contribution >= 0.6 is 0 Å². The van der Waals surface area contributed by atoms with Gasteiger partial charge < -0.3 is 10.6 Å². The minimum absolute atomic E-state index is 0.0222. The molecule has 0 atom stereocenters. The number of hydrogen-bond acceptors (Lipinski definition) is 2. The molecule has 4 nitrogen and oxygen atoms in total. The van der Waals surface area contributed by atoms with Crippen molar-refractivity contribution in [2.24, 2.45) is 5.92 Å². The normalized spacial score (nSPS) is 15.6. The lowest BCUT2D eigenvalue weighted by Crippen LogP contribution is -2.33. The summed E-state index contributed by atoms with van der Waals surface area (Å²) in [5.74, 6) is 0.531. The molecule has 0 unspecified atom stereocenters. The van der Waals surface area contributed by atoms with Gasteiger partial charge in [-0.2, -0.15) is 0 Å². The Balaban J connectivity index is 1.68.